The number of imidazole rings is 1. The third-order valence-corrected chi connectivity index (χ3v) is 7.45. The Morgan fingerprint density at radius 1 is 1.09 bits per heavy atom. The van der Waals surface area contributed by atoms with Crippen LogP contribution in [0.1, 0.15) is 6.92 Å². The van der Waals surface area contributed by atoms with Crippen molar-refractivity contribution in [1.29, 1.82) is 0 Å². The molecule has 0 bridgehead atoms. The van der Waals surface area contributed by atoms with Gasteiger partial charge >= 0.3 is 5.69 Å². The van der Waals surface area contributed by atoms with Gasteiger partial charge < -0.3 is 14.4 Å². The number of nitrogens with zero attached hydrogens (tertiary/aromatic N) is 9. The van der Waals surface area contributed by atoms with Crippen molar-refractivity contribution in [2.75, 3.05) is 43.9 Å². The molecule has 0 radical (unpaired) electrons. The third-order valence-electron chi connectivity index (χ3n) is 6.21. The zero-order valence-electron chi connectivity index (χ0n) is 20.0. The van der Waals surface area contributed by atoms with E-state index in [1.165, 1.54) is 4.57 Å². The first-order valence-electron chi connectivity index (χ1n) is 11.5. The number of piperazine rings is 1. The van der Waals surface area contributed by atoms with E-state index in [0.717, 1.165) is 43.6 Å². The SMILES string of the molecule is C[C@H](CSc1nnnn1-c1ccccc1)Cn1c(N2CCN(C)CC2)nc2c1c(=O)[nH]c(=O)n2C. The predicted molar refractivity (Wildman–Crippen MR) is 134 cm³/mol. The number of rotatable bonds is 7. The summed E-state index contributed by atoms with van der Waals surface area (Å²) in [5, 5.41) is 12.9. The first-order chi connectivity index (χ1) is 16.9. The van der Waals surface area contributed by atoms with Crippen LogP contribution in [0.5, 0.6) is 0 Å². The topological polar surface area (TPSA) is 123 Å². The molecule has 13 heteroatoms. The van der Waals surface area contributed by atoms with Gasteiger partial charge in [-0.15, -0.1) is 5.10 Å². The number of aromatic nitrogens is 8. The van der Waals surface area contributed by atoms with Crippen molar-refractivity contribution in [3.8, 4) is 5.69 Å². The summed E-state index contributed by atoms with van der Waals surface area (Å²) in [5.74, 6) is 1.63. The van der Waals surface area contributed by atoms with Gasteiger partial charge in [-0.25, -0.2) is 4.79 Å². The van der Waals surface area contributed by atoms with Crippen molar-refractivity contribution in [2.45, 2.75) is 18.6 Å². The largest absolute Gasteiger partial charge is 0.340 e. The maximum atomic E-state index is 12.9. The molecule has 1 N–H and O–H groups in total. The first kappa shape index (κ1) is 23.3. The van der Waals surface area contributed by atoms with Crippen LogP contribution in [0.2, 0.25) is 0 Å². The first-order valence-corrected chi connectivity index (χ1v) is 12.5. The van der Waals surface area contributed by atoms with E-state index in [-0.39, 0.29) is 5.92 Å². The Morgan fingerprint density at radius 2 is 1.83 bits per heavy atom. The van der Waals surface area contributed by atoms with Crippen molar-refractivity contribution in [3.05, 3.63) is 51.2 Å². The van der Waals surface area contributed by atoms with Crippen LogP contribution in [0.4, 0.5) is 5.95 Å². The summed E-state index contributed by atoms with van der Waals surface area (Å²) in [6.07, 6.45) is 0. The smallest absolute Gasteiger partial charge is 0.329 e. The lowest BCUT2D eigenvalue weighted by Crippen LogP contribution is -2.45. The molecule has 0 saturated carbocycles. The predicted octanol–water partition coefficient (Wildman–Crippen LogP) is 0.579. The molecule has 1 fully saturated rings. The summed E-state index contributed by atoms with van der Waals surface area (Å²) >= 11 is 1.57. The molecule has 0 unspecified atom stereocenters. The quantitative estimate of drug-likeness (QED) is 0.366. The maximum Gasteiger partial charge on any atom is 0.329 e. The molecule has 1 aliphatic rings. The normalized spacial score (nSPS) is 15.7. The van der Waals surface area contributed by atoms with E-state index >= 15 is 0 Å². The van der Waals surface area contributed by atoms with Crippen molar-refractivity contribution in [1.82, 2.24) is 44.2 Å². The van der Waals surface area contributed by atoms with Crippen LogP contribution >= 0.6 is 11.8 Å². The second-order valence-electron chi connectivity index (χ2n) is 8.93. The molecule has 3 aromatic heterocycles. The van der Waals surface area contributed by atoms with E-state index < -0.39 is 11.2 Å². The fraction of sp³-hybridized carbons (Fsp3) is 0.455. The summed E-state index contributed by atoms with van der Waals surface area (Å²) in [6, 6.07) is 9.76. The minimum absolute atomic E-state index is 0.168. The van der Waals surface area contributed by atoms with Gasteiger partial charge in [0, 0.05) is 45.5 Å². The summed E-state index contributed by atoms with van der Waals surface area (Å²) in [4.78, 5) is 36.7. The molecule has 1 aromatic carbocycles. The summed E-state index contributed by atoms with van der Waals surface area (Å²) in [6.45, 7) is 6.12. The van der Waals surface area contributed by atoms with Gasteiger partial charge in [-0.3, -0.25) is 14.3 Å². The maximum absolute atomic E-state index is 12.9. The van der Waals surface area contributed by atoms with Crippen LogP contribution in [-0.4, -0.2) is 83.2 Å². The molecule has 4 aromatic rings. The molecule has 1 aliphatic heterocycles. The number of hydrogen-bond donors (Lipinski definition) is 1. The van der Waals surface area contributed by atoms with Crippen molar-refractivity contribution in [2.24, 2.45) is 13.0 Å². The molecular formula is C22H28N10O2S. The molecular weight excluding hydrogens is 468 g/mol. The second kappa shape index (κ2) is 9.66. The Bertz CT molecular complexity index is 1430. The van der Waals surface area contributed by atoms with Crippen LogP contribution in [0.15, 0.2) is 45.1 Å². The summed E-state index contributed by atoms with van der Waals surface area (Å²) < 4.78 is 5.09. The zero-order chi connectivity index (χ0) is 24.5. The molecule has 35 heavy (non-hydrogen) atoms. The number of likely N-dealkylation sites (N-methyl/N-ethyl adjacent to an activating group) is 1. The average molecular weight is 497 g/mol. The number of fused-ring (bicyclic) bond motifs is 1. The lowest BCUT2D eigenvalue weighted by Gasteiger charge is -2.33. The van der Waals surface area contributed by atoms with Gasteiger partial charge in [0.15, 0.2) is 11.2 Å². The molecule has 4 heterocycles. The lowest BCUT2D eigenvalue weighted by molar-refractivity contribution is 0.309. The van der Waals surface area contributed by atoms with E-state index in [1.54, 1.807) is 23.5 Å². The minimum atomic E-state index is -0.464. The van der Waals surface area contributed by atoms with Gasteiger partial charge in [-0.2, -0.15) is 9.67 Å². The van der Waals surface area contributed by atoms with E-state index in [4.69, 9.17) is 4.98 Å². The number of thioether (sulfide) groups is 1. The number of para-hydroxylation sites is 1. The number of H-pyrrole nitrogens is 1. The number of anilines is 1. The standard InChI is InChI=1S/C22H28N10O2S/c1-15(14-35-22-25-26-27-32(22)16-7-5-4-6-8-16)13-31-17-18(29(3)21(34)24-19(17)33)23-20(31)30-11-9-28(2)10-12-30/h4-8,15H,9-14H2,1-3H3,(H,24,33,34)/t15-/m0/s1. The molecule has 184 valence electrons. The number of aromatic amines is 1. The third kappa shape index (κ3) is 4.60. The highest BCUT2D eigenvalue weighted by Gasteiger charge is 2.25. The summed E-state index contributed by atoms with van der Waals surface area (Å²) in [7, 11) is 3.73. The Morgan fingerprint density at radius 3 is 2.57 bits per heavy atom. The molecule has 0 spiro atoms. The summed E-state index contributed by atoms with van der Waals surface area (Å²) in [5.41, 5.74) is 0.850. The number of aryl methyl sites for hydroxylation is 1. The van der Waals surface area contributed by atoms with E-state index in [1.807, 2.05) is 34.9 Å². The molecule has 12 nitrogen and oxygen atoms in total. The van der Waals surface area contributed by atoms with Gasteiger partial charge in [-0.1, -0.05) is 36.9 Å². The Hall–Kier alpha value is -3.45. The van der Waals surface area contributed by atoms with E-state index in [2.05, 4.69) is 44.3 Å². The Labute approximate surface area is 205 Å². The highest BCUT2D eigenvalue weighted by atomic mass is 32.2. The highest BCUT2D eigenvalue weighted by molar-refractivity contribution is 7.99. The fourth-order valence-corrected chi connectivity index (χ4v) is 5.12. The van der Waals surface area contributed by atoms with Gasteiger partial charge in [0.1, 0.15) is 0 Å². The zero-order valence-corrected chi connectivity index (χ0v) is 20.8. The van der Waals surface area contributed by atoms with Gasteiger partial charge in [-0.05, 0) is 35.5 Å². The number of hydrogen-bond acceptors (Lipinski definition) is 9. The van der Waals surface area contributed by atoms with Crippen molar-refractivity contribution < 1.29 is 0 Å². The van der Waals surface area contributed by atoms with Crippen LogP contribution in [0, 0.1) is 5.92 Å². The monoisotopic (exact) mass is 496 g/mol. The molecule has 0 amide bonds. The van der Waals surface area contributed by atoms with Gasteiger partial charge in [0.2, 0.25) is 11.1 Å². The van der Waals surface area contributed by atoms with E-state index in [0.29, 0.717) is 22.9 Å². The van der Waals surface area contributed by atoms with Crippen LogP contribution in [0.25, 0.3) is 16.9 Å². The van der Waals surface area contributed by atoms with Crippen molar-refractivity contribution >= 4 is 28.9 Å². The highest BCUT2D eigenvalue weighted by Crippen LogP contribution is 2.25. The Balaban J connectivity index is 1.42. The number of benzene rings is 1. The lowest BCUT2D eigenvalue weighted by atomic mass is 10.2. The Kier molecular flexibility index (Phi) is 6.43. The van der Waals surface area contributed by atoms with Crippen molar-refractivity contribution in [3.63, 3.8) is 0 Å². The van der Waals surface area contributed by atoms with E-state index in [9.17, 15) is 9.59 Å². The van der Waals surface area contributed by atoms with Gasteiger partial charge in [0.05, 0.1) is 5.69 Å². The molecule has 1 saturated heterocycles. The average Bonchev–Trinajstić information content (AvgIpc) is 3.48. The number of nitrogens with one attached hydrogen (secondary N) is 1. The van der Waals surface area contributed by atoms with Crippen LogP contribution in [-0.2, 0) is 13.6 Å². The van der Waals surface area contributed by atoms with Crippen LogP contribution in [0.3, 0.4) is 0 Å². The number of tetrazole rings is 1. The van der Waals surface area contributed by atoms with Gasteiger partial charge in [0.25, 0.3) is 5.56 Å². The minimum Gasteiger partial charge on any atom is -0.340 e. The molecule has 1 atom stereocenters. The second-order valence-corrected chi connectivity index (χ2v) is 9.92. The molecule has 5 rings (SSSR count). The fourth-order valence-electron chi connectivity index (χ4n) is 4.23. The van der Waals surface area contributed by atoms with Crippen LogP contribution < -0.4 is 16.1 Å². The molecule has 0 aliphatic carbocycles.